The number of piperazine rings is 1. The maximum atomic E-state index is 12.3. The number of halogens is 1. The van der Waals surface area contributed by atoms with Crippen LogP contribution in [0.4, 0.5) is 11.4 Å². The van der Waals surface area contributed by atoms with Crippen molar-refractivity contribution in [3.05, 3.63) is 53.0 Å². The Kier molecular flexibility index (Phi) is 7.66. The molecule has 33 heavy (non-hydrogen) atoms. The second kappa shape index (κ2) is 10.8. The lowest BCUT2D eigenvalue weighted by Gasteiger charge is -2.36. The van der Waals surface area contributed by atoms with Gasteiger partial charge in [0.15, 0.2) is 0 Å². The highest BCUT2D eigenvalue weighted by atomic mass is 79.9. The molecular formula is C23H24BrN5O3S. The van der Waals surface area contributed by atoms with Gasteiger partial charge >= 0.3 is 0 Å². The van der Waals surface area contributed by atoms with Gasteiger partial charge in [-0.1, -0.05) is 34.6 Å². The van der Waals surface area contributed by atoms with Crippen LogP contribution in [0.1, 0.15) is 13.3 Å². The van der Waals surface area contributed by atoms with Crippen molar-refractivity contribution in [1.82, 2.24) is 15.1 Å². The normalized spacial score (nSPS) is 13.8. The van der Waals surface area contributed by atoms with Crippen molar-refractivity contribution in [2.45, 2.75) is 18.6 Å². The number of nitrogens with one attached hydrogen (secondary N) is 1. The minimum atomic E-state index is -0.150. The van der Waals surface area contributed by atoms with E-state index in [2.05, 4.69) is 36.3 Å². The van der Waals surface area contributed by atoms with E-state index in [0.717, 1.165) is 47.6 Å². The lowest BCUT2D eigenvalue weighted by molar-refractivity contribution is -0.131. The van der Waals surface area contributed by atoms with Gasteiger partial charge in [0.1, 0.15) is 0 Å². The molecule has 4 rings (SSSR count). The lowest BCUT2D eigenvalue weighted by Crippen LogP contribution is -2.48. The number of anilines is 2. The number of carbonyl (C=O) groups excluding carboxylic acids is 2. The van der Waals surface area contributed by atoms with Crippen molar-refractivity contribution in [3.63, 3.8) is 0 Å². The third-order valence-electron chi connectivity index (χ3n) is 5.28. The Morgan fingerprint density at radius 1 is 1.03 bits per heavy atom. The van der Waals surface area contributed by atoms with E-state index >= 15 is 0 Å². The van der Waals surface area contributed by atoms with Crippen molar-refractivity contribution in [2.75, 3.05) is 42.1 Å². The molecule has 1 aliphatic heterocycles. The number of thioether (sulfide) groups is 1. The summed E-state index contributed by atoms with van der Waals surface area (Å²) in [5.74, 6) is 0.635. The van der Waals surface area contributed by atoms with E-state index in [0.29, 0.717) is 17.5 Å². The molecule has 0 radical (unpaired) electrons. The average molecular weight is 530 g/mol. The Labute approximate surface area is 204 Å². The van der Waals surface area contributed by atoms with Gasteiger partial charge in [-0.3, -0.25) is 9.59 Å². The molecule has 0 spiro atoms. The number of carbonyl (C=O) groups is 2. The fourth-order valence-electron chi connectivity index (χ4n) is 3.49. The fraction of sp³-hybridized carbons (Fsp3) is 0.304. The van der Waals surface area contributed by atoms with Gasteiger partial charge in [-0.05, 0) is 48.5 Å². The van der Waals surface area contributed by atoms with Crippen LogP contribution in [-0.4, -0.2) is 58.8 Å². The Hall–Kier alpha value is -2.85. The minimum Gasteiger partial charge on any atom is -0.411 e. The van der Waals surface area contributed by atoms with Crippen molar-refractivity contribution < 1.29 is 14.0 Å². The fourth-order valence-corrected chi connectivity index (χ4v) is 4.32. The zero-order chi connectivity index (χ0) is 23.2. The molecule has 3 aromatic rings. The number of nitrogens with zero attached hydrogens (tertiary/aromatic N) is 4. The lowest BCUT2D eigenvalue weighted by atomic mass is 10.2. The summed E-state index contributed by atoms with van der Waals surface area (Å²) in [5.41, 5.74) is 2.63. The largest absolute Gasteiger partial charge is 0.411 e. The Morgan fingerprint density at radius 2 is 1.73 bits per heavy atom. The van der Waals surface area contributed by atoms with Gasteiger partial charge in [0, 0.05) is 54.0 Å². The predicted molar refractivity (Wildman–Crippen MR) is 132 cm³/mol. The first kappa shape index (κ1) is 23.3. The van der Waals surface area contributed by atoms with Crippen LogP contribution in [0, 0.1) is 0 Å². The molecule has 0 aliphatic carbocycles. The molecular weight excluding hydrogens is 506 g/mol. The SMILES string of the molecule is CCC(=O)N1CCN(c2ccc(NC(=O)CSc3nnc(-c4ccc(Br)cc4)o3)cc2)CC1. The number of aromatic nitrogens is 2. The van der Waals surface area contributed by atoms with Crippen LogP contribution >= 0.6 is 27.7 Å². The van der Waals surface area contributed by atoms with E-state index in [1.54, 1.807) is 0 Å². The molecule has 1 fully saturated rings. The van der Waals surface area contributed by atoms with Gasteiger partial charge in [0.2, 0.25) is 17.7 Å². The first-order valence-electron chi connectivity index (χ1n) is 10.7. The van der Waals surface area contributed by atoms with Crippen LogP contribution in [0.25, 0.3) is 11.5 Å². The number of hydrogen-bond acceptors (Lipinski definition) is 7. The zero-order valence-electron chi connectivity index (χ0n) is 18.2. The van der Waals surface area contributed by atoms with E-state index in [1.165, 1.54) is 11.8 Å². The third kappa shape index (κ3) is 6.14. The van der Waals surface area contributed by atoms with Crippen molar-refractivity contribution >= 4 is 50.9 Å². The zero-order valence-corrected chi connectivity index (χ0v) is 20.6. The number of hydrogen-bond donors (Lipinski definition) is 1. The average Bonchev–Trinajstić information content (AvgIpc) is 3.32. The maximum Gasteiger partial charge on any atom is 0.277 e. The van der Waals surface area contributed by atoms with Gasteiger partial charge in [-0.15, -0.1) is 10.2 Å². The third-order valence-corrected chi connectivity index (χ3v) is 6.62. The van der Waals surface area contributed by atoms with Crippen LogP contribution in [0.3, 0.4) is 0 Å². The Morgan fingerprint density at radius 3 is 2.39 bits per heavy atom. The first-order chi connectivity index (χ1) is 16.0. The molecule has 2 aromatic carbocycles. The molecule has 1 aliphatic rings. The summed E-state index contributed by atoms with van der Waals surface area (Å²) in [7, 11) is 0. The monoisotopic (exact) mass is 529 g/mol. The molecule has 0 atom stereocenters. The highest BCUT2D eigenvalue weighted by Gasteiger charge is 2.20. The standard InChI is InChI=1S/C23H24BrN5O3S/c1-2-21(31)29-13-11-28(12-14-29)19-9-7-18(8-10-19)25-20(30)15-33-23-27-26-22(32-23)16-3-5-17(24)6-4-16/h3-10H,2,11-15H2,1H3,(H,25,30). The van der Waals surface area contributed by atoms with Crippen molar-refractivity contribution in [2.24, 2.45) is 0 Å². The molecule has 0 unspecified atom stereocenters. The van der Waals surface area contributed by atoms with Crippen LogP contribution in [0.15, 0.2) is 62.6 Å². The van der Waals surface area contributed by atoms with E-state index in [4.69, 9.17) is 4.42 Å². The smallest absolute Gasteiger partial charge is 0.277 e. The Balaban J connectivity index is 1.25. The summed E-state index contributed by atoms with van der Waals surface area (Å²) in [5, 5.41) is 11.3. The highest BCUT2D eigenvalue weighted by Crippen LogP contribution is 2.25. The van der Waals surface area contributed by atoms with E-state index in [9.17, 15) is 9.59 Å². The molecule has 172 valence electrons. The van der Waals surface area contributed by atoms with Gasteiger partial charge in [0.05, 0.1) is 5.75 Å². The molecule has 10 heteroatoms. The molecule has 2 heterocycles. The van der Waals surface area contributed by atoms with Crippen LogP contribution in [-0.2, 0) is 9.59 Å². The molecule has 1 aromatic heterocycles. The maximum absolute atomic E-state index is 12.3. The molecule has 8 nitrogen and oxygen atoms in total. The summed E-state index contributed by atoms with van der Waals surface area (Å²) in [6.45, 7) is 4.98. The van der Waals surface area contributed by atoms with Crippen molar-refractivity contribution in [1.29, 1.82) is 0 Å². The van der Waals surface area contributed by atoms with E-state index < -0.39 is 0 Å². The second-order valence-electron chi connectivity index (χ2n) is 7.49. The topological polar surface area (TPSA) is 91.6 Å². The summed E-state index contributed by atoms with van der Waals surface area (Å²) < 4.78 is 6.61. The van der Waals surface area contributed by atoms with Crippen molar-refractivity contribution in [3.8, 4) is 11.5 Å². The van der Waals surface area contributed by atoms with Crippen LogP contribution in [0.5, 0.6) is 0 Å². The molecule has 0 saturated carbocycles. The number of amides is 2. The van der Waals surface area contributed by atoms with E-state index in [-0.39, 0.29) is 17.6 Å². The number of rotatable bonds is 7. The Bertz CT molecular complexity index is 1100. The summed E-state index contributed by atoms with van der Waals surface area (Å²) in [4.78, 5) is 28.3. The van der Waals surface area contributed by atoms with Gasteiger partial charge in [-0.2, -0.15) is 0 Å². The second-order valence-corrected chi connectivity index (χ2v) is 9.33. The number of benzene rings is 2. The highest BCUT2D eigenvalue weighted by molar-refractivity contribution is 9.10. The van der Waals surface area contributed by atoms with E-state index in [1.807, 2.05) is 60.4 Å². The van der Waals surface area contributed by atoms with Gasteiger partial charge in [0.25, 0.3) is 5.22 Å². The summed E-state index contributed by atoms with van der Waals surface area (Å²) in [6, 6.07) is 15.3. The molecule has 2 amide bonds. The molecule has 1 saturated heterocycles. The molecule has 1 N–H and O–H groups in total. The minimum absolute atomic E-state index is 0.150. The summed E-state index contributed by atoms with van der Waals surface area (Å²) >= 11 is 4.59. The first-order valence-corrected chi connectivity index (χ1v) is 12.4. The quantitative estimate of drug-likeness (QED) is 0.456. The summed E-state index contributed by atoms with van der Waals surface area (Å²) in [6.07, 6.45) is 0.547. The van der Waals surface area contributed by atoms with Gasteiger partial charge < -0.3 is 19.5 Å². The van der Waals surface area contributed by atoms with Crippen LogP contribution < -0.4 is 10.2 Å². The predicted octanol–water partition coefficient (Wildman–Crippen LogP) is 4.29. The van der Waals surface area contributed by atoms with Gasteiger partial charge in [-0.25, -0.2) is 0 Å². The van der Waals surface area contributed by atoms with Crippen LogP contribution in [0.2, 0.25) is 0 Å². The molecule has 0 bridgehead atoms.